The molecule has 1 aromatic carbocycles. The van der Waals surface area contributed by atoms with Gasteiger partial charge in [-0.1, -0.05) is 41.4 Å². The smallest absolute Gasteiger partial charge is 0.227 e. The molecule has 1 amide bonds. The van der Waals surface area contributed by atoms with E-state index in [-0.39, 0.29) is 11.8 Å². The van der Waals surface area contributed by atoms with Gasteiger partial charge in [0.1, 0.15) is 0 Å². The molecule has 4 heteroatoms. The van der Waals surface area contributed by atoms with E-state index in [0.717, 1.165) is 10.9 Å². The summed E-state index contributed by atoms with van der Waals surface area (Å²) in [4.78, 5) is 11.6. The van der Waals surface area contributed by atoms with Crippen molar-refractivity contribution in [1.82, 2.24) is 0 Å². The Bertz CT molecular complexity index is 368. The minimum atomic E-state index is -0.00231. The molecule has 82 valence electrons. The monoisotopic (exact) mass is 289 g/mol. The van der Waals surface area contributed by atoms with Crippen LogP contribution in [-0.4, -0.2) is 5.91 Å². The first-order chi connectivity index (χ1) is 7.04. The third-order valence-corrected chi connectivity index (χ3v) is 3.07. The standard InChI is InChI=1S/C11H13BrClNO/c1-3-7(2)11(15)14-10-6-8(12)4-5-9(10)13/h4-7H,3H2,1-2H3,(H,14,15). The van der Waals surface area contributed by atoms with Crippen molar-refractivity contribution < 1.29 is 4.79 Å². The molecule has 15 heavy (non-hydrogen) atoms. The summed E-state index contributed by atoms with van der Waals surface area (Å²) in [6, 6.07) is 5.38. The molecular weight excluding hydrogens is 277 g/mol. The van der Waals surface area contributed by atoms with Crippen molar-refractivity contribution in [3.05, 3.63) is 27.7 Å². The van der Waals surface area contributed by atoms with E-state index in [0.29, 0.717) is 10.7 Å². The number of hydrogen-bond donors (Lipinski definition) is 1. The molecule has 0 aliphatic heterocycles. The molecule has 0 aromatic heterocycles. The van der Waals surface area contributed by atoms with E-state index in [1.807, 2.05) is 19.9 Å². The van der Waals surface area contributed by atoms with Gasteiger partial charge in [0, 0.05) is 10.4 Å². The quantitative estimate of drug-likeness (QED) is 0.892. The number of amides is 1. The van der Waals surface area contributed by atoms with Gasteiger partial charge in [-0.2, -0.15) is 0 Å². The van der Waals surface area contributed by atoms with Crippen molar-refractivity contribution >= 4 is 39.1 Å². The van der Waals surface area contributed by atoms with Gasteiger partial charge in [0.15, 0.2) is 0 Å². The van der Waals surface area contributed by atoms with Gasteiger partial charge in [0.05, 0.1) is 10.7 Å². The molecular formula is C11H13BrClNO. The SMILES string of the molecule is CCC(C)C(=O)Nc1cc(Br)ccc1Cl. The van der Waals surface area contributed by atoms with Crippen molar-refractivity contribution in [3.63, 3.8) is 0 Å². The maximum absolute atomic E-state index is 11.6. The molecule has 0 spiro atoms. The van der Waals surface area contributed by atoms with Crippen LogP contribution < -0.4 is 5.32 Å². The predicted octanol–water partition coefficient (Wildman–Crippen LogP) is 4.09. The maximum Gasteiger partial charge on any atom is 0.227 e. The summed E-state index contributed by atoms with van der Waals surface area (Å²) < 4.78 is 0.895. The van der Waals surface area contributed by atoms with Crippen molar-refractivity contribution in [2.45, 2.75) is 20.3 Å². The molecule has 0 fully saturated rings. The van der Waals surface area contributed by atoms with Gasteiger partial charge < -0.3 is 5.32 Å². The van der Waals surface area contributed by atoms with Gasteiger partial charge in [-0.3, -0.25) is 4.79 Å². The van der Waals surface area contributed by atoms with Crippen LogP contribution >= 0.6 is 27.5 Å². The summed E-state index contributed by atoms with van der Waals surface area (Å²) >= 11 is 9.28. The van der Waals surface area contributed by atoms with Crippen LogP contribution in [0.15, 0.2) is 22.7 Å². The molecule has 1 unspecified atom stereocenters. The third kappa shape index (κ3) is 3.50. The lowest BCUT2D eigenvalue weighted by molar-refractivity contribution is -0.119. The van der Waals surface area contributed by atoms with Crippen molar-refractivity contribution in [2.24, 2.45) is 5.92 Å². The van der Waals surface area contributed by atoms with E-state index in [2.05, 4.69) is 21.2 Å². The fourth-order valence-electron chi connectivity index (χ4n) is 1.03. The van der Waals surface area contributed by atoms with E-state index in [9.17, 15) is 4.79 Å². The topological polar surface area (TPSA) is 29.1 Å². The Morgan fingerprint density at radius 1 is 1.60 bits per heavy atom. The Balaban J connectivity index is 2.80. The predicted molar refractivity (Wildman–Crippen MR) is 67.2 cm³/mol. The average molecular weight is 291 g/mol. The molecule has 0 bridgehead atoms. The summed E-state index contributed by atoms with van der Waals surface area (Å²) in [5, 5.41) is 3.35. The summed E-state index contributed by atoms with van der Waals surface area (Å²) in [5.74, 6) is -0.00227. The van der Waals surface area contributed by atoms with Crippen LogP contribution in [0.4, 0.5) is 5.69 Å². The highest BCUT2D eigenvalue weighted by Gasteiger charge is 2.12. The number of benzene rings is 1. The molecule has 0 saturated carbocycles. The Morgan fingerprint density at radius 2 is 2.27 bits per heavy atom. The van der Waals surface area contributed by atoms with Crippen molar-refractivity contribution in [3.8, 4) is 0 Å². The number of rotatable bonds is 3. The summed E-state index contributed by atoms with van der Waals surface area (Å²) in [6.07, 6.45) is 0.817. The zero-order chi connectivity index (χ0) is 11.4. The lowest BCUT2D eigenvalue weighted by Crippen LogP contribution is -2.19. The molecule has 1 atom stereocenters. The molecule has 1 aromatic rings. The average Bonchev–Trinajstić information content (AvgIpc) is 2.22. The second-order valence-electron chi connectivity index (χ2n) is 3.42. The van der Waals surface area contributed by atoms with Gasteiger partial charge in [0.2, 0.25) is 5.91 Å². The normalized spacial score (nSPS) is 12.3. The first kappa shape index (κ1) is 12.5. The largest absolute Gasteiger partial charge is 0.325 e. The minimum absolute atomic E-state index is 0.0000447. The zero-order valence-corrected chi connectivity index (χ0v) is 11.0. The first-order valence-corrected chi connectivity index (χ1v) is 5.97. The lowest BCUT2D eigenvalue weighted by atomic mass is 10.1. The highest BCUT2D eigenvalue weighted by atomic mass is 79.9. The molecule has 0 aliphatic carbocycles. The highest BCUT2D eigenvalue weighted by Crippen LogP contribution is 2.26. The minimum Gasteiger partial charge on any atom is -0.325 e. The van der Waals surface area contributed by atoms with Gasteiger partial charge in [-0.15, -0.1) is 0 Å². The molecule has 0 saturated heterocycles. The first-order valence-electron chi connectivity index (χ1n) is 4.80. The van der Waals surface area contributed by atoms with E-state index >= 15 is 0 Å². The maximum atomic E-state index is 11.6. The van der Waals surface area contributed by atoms with E-state index in [1.165, 1.54) is 0 Å². The molecule has 1 N–H and O–H groups in total. The molecule has 0 aliphatic rings. The van der Waals surface area contributed by atoms with Crippen LogP contribution in [0.1, 0.15) is 20.3 Å². The van der Waals surface area contributed by atoms with Crippen LogP contribution in [0.5, 0.6) is 0 Å². The Hall–Kier alpha value is -0.540. The molecule has 0 radical (unpaired) electrons. The second-order valence-corrected chi connectivity index (χ2v) is 4.75. The van der Waals surface area contributed by atoms with Gasteiger partial charge >= 0.3 is 0 Å². The second kappa shape index (κ2) is 5.52. The number of halogens is 2. The molecule has 0 heterocycles. The van der Waals surface area contributed by atoms with Crippen LogP contribution in [0.25, 0.3) is 0 Å². The van der Waals surface area contributed by atoms with Gasteiger partial charge in [-0.05, 0) is 24.6 Å². The van der Waals surface area contributed by atoms with Crippen LogP contribution in [0.2, 0.25) is 5.02 Å². The summed E-state index contributed by atoms with van der Waals surface area (Å²) in [6.45, 7) is 3.87. The Kier molecular flexibility index (Phi) is 4.61. The number of nitrogens with one attached hydrogen (secondary N) is 1. The van der Waals surface area contributed by atoms with E-state index in [1.54, 1.807) is 12.1 Å². The zero-order valence-electron chi connectivity index (χ0n) is 8.68. The molecule has 2 nitrogen and oxygen atoms in total. The Morgan fingerprint density at radius 3 is 2.87 bits per heavy atom. The van der Waals surface area contributed by atoms with E-state index < -0.39 is 0 Å². The lowest BCUT2D eigenvalue weighted by Gasteiger charge is -2.11. The van der Waals surface area contributed by atoms with Crippen molar-refractivity contribution in [2.75, 3.05) is 5.32 Å². The molecule has 1 rings (SSSR count). The third-order valence-electron chi connectivity index (χ3n) is 2.25. The van der Waals surface area contributed by atoms with Crippen LogP contribution in [-0.2, 0) is 4.79 Å². The van der Waals surface area contributed by atoms with Crippen LogP contribution in [0.3, 0.4) is 0 Å². The Labute approximate surface area is 103 Å². The number of carbonyl (C=O) groups excluding carboxylic acids is 1. The van der Waals surface area contributed by atoms with Crippen molar-refractivity contribution in [1.29, 1.82) is 0 Å². The fourth-order valence-corrected chi connectivity index (χ4v) is 1.56. The number of carbonyl (C=O) groups is 1. The summed E-state index contributed by atoms with van der Waals surface area (Å²) in [7, 11) is 0. The van der Waals surface area contributed by atoms with Gasteiger partial charge in [0.25, 0.3) is 0 Å². The highest BCUT2D eigenvalue weighted by molar-refractivity contribution is 9.10. The number of hydrogen-bond acceptors (Lipinski definition) is 1. The van der Waals surface area contributed by atoms with E-state index in [4.69, 9.17) is 11.6 Å². The number of anilines is 1. The summed E-state index contributed by atoms with van der Waals surface area (Å²) in [5.41, 5.74) is 0.649. The van der Waals surface area contributed by atoms with Gasteiger partial charge in [-0.25, -0.2) is 0 Å². The fraction of sp³-hybridized carbons (Fsp3) is 0.364. The van der Waals surface area contributed by atoms with Crippen LogP contribution in [0, 0.1) is 5.92 Å².